The highest BCUT2D eigenvalue weighted by atomic mass is 127. The minimum absolute atomic E-state index is 0. The molecule has 0 aromatic carbocycles. The lowest BCUT2D eigenvalue weighted by molar-refractivity contribution is 0.0195. The minimum Gasteiger partial charge on any atom is -0.477 e. The van der Waals surface area contributed by atoms with Gasteiger partial charge >= 0.3 is 0 Å². The molecule has 1 atom stereocenters. The van der Waals surface area contributed by atoms with Crippen LogP contribution < -0.4 is 10.1 Å². The van der Waals surface area contributed by atoms with E-state index < -0.39 is 0 Å². The van der Waals surface area contributed by atoms with E-state index in [4.69, 9.17) is 9.47 Å². The van der Waals surface area contributed by atoms with Gasteiger partial charge in [-0.3, -0.25) is 9.89 Å². The van der Waals surface area contributed by atoms with Crippen LogP contribution in [-0.2, 0) is 11.3 Å². The summed E-state index contributed by atoms with van der Waals surface area (Å²) in [6.45, 7) is 7.42. The molecule has 3 fully saturated rings. The summed E-state index contributed by atoms with van der Waals surface area (Å²) in [6.07, 6.45) is 5.60. The van der Waals surface area contributed by atoms with Crippen LogP contribution in [0.3, 0.4) is 0 Å². The van der Waals surface area contributed by atoms with E-state index in [1.165, 1.54) is 24.8 Å². The average molecular weight is 501 g/mol. The van der Waals surface area contributed by atoms with Gasteiger partial charge in [0.2, 0.25) is 5.88 Å². The Bertz CT molecular complexity index is 649. The molecular formula is C20H32IN5O2. The summed E-state index contributed by atoms with van der Waals surface area (Å²) in [5.41, 5.74) is 1.17. The van der Waals surface area contributed by atoms with Gasteiger partial charge in [-0.1, -0.05) is 0 Å². The van der Waals surface area contributed by atoms with Crippen LogP contribution in [0.15, 0.2) is 23.3 Å². The second-order valence-corrected chi connectivity index (χ2v) is 7.69. The lowest BCUT2D eigenvalue weighted by atomic mass is 10.2. The highest BCUT2D eigenvalue weighted by Crippen LogP contribution is 2.29. The van der Waals surface area contributed by atoms with Crippen LogP contribution in [0.4, 0.5) is 0 Å². The van der Waals surface area contributed by atoms with E-state index in [9.17, 15) is 0 Å². The van der Waals surface area contributed by atoms with Gasteiger partial charge in [-0.05, 0) is 36.8 Å². The molecule has 3 heterocycles. The maximum absolute atomic E-state index is 5.79. The van der Waals surface area contributed by atoms with Crippen LogP contribution in [0, 0.1) is 5.92 Å². The van der Waals surface area contributed by atoms with Crippen LogP contribution in [0.5, 0.6) is 5.88 Å². The highest BCUT2D eigenvalue weighted by Gasteiger charge is 2.30. The quantitative estimate of drug-likeness (QED) is 0.366. The molecule has 156 valence electrons. The SMILES string of the molecule is CN=C(NCc1ccnc(OCC2CC2)c1)N1CCC(N2CCOCC2)C1.I. The van der Waals surface area contributed by atoms with Crippen LogP contribution >= 0.6 is 24.0 Å². The molecule has 0 bridgehead atoms. The summed E-state index contributed by atoms with van der Waals surface area (Å²) >= 11 is 0. The normalized spacial score (nSPS) is 23.4. The first kappa shape index (κ1) is 21.6. The Morgan fingerprint density at radius 3 is 2.86 bits per heavy atom. The molecule has 1 aromatic rings. The number of pyridine rings is 1. The first-order valence-electron chi connectivity index (χ1n) is 10.2. The summed E-state index contributed by atoms with van der Waals surface area (Å²) in [5, 5.41) is 3.50. The number of hydrogen-bond donors (Lipinski definition) is 1. The van der Waals surface area contributed by atoms with E-state index >= 15 is 0 Å². The van der Waals surface area contributed by atoms with Crippen molar-refractivity contribution >= 4 is 29.9 Å². The fraction of sp³-hybridized carbons (Fsp3) is 0.700. The monoisotopic (exact) mass is 501 g/mol. The maximum atomic E-state index is 5.79. The zero-order valence-electron chi connectivity index (χ0n) is 16.7. The minimum atomic E-state index is 0. The van der Waals surface area contributed by atoms with Gasteiger partial charge in [0.1, 0.15) is 0 Å². The maximum Gasteiger partial charge on any atom is 0.213 e. The lowest BCUT2D eigenvalue weighted by Gasteiger charge is -2.32. The molecule has 0 spiro atoms. The van der Waals surface area contributed by atoms with Crippen molar-refractivity contribution in [2.45, 2.75) is 31.8 Å². The van der Waals surface area contributed by atoms with Crippen molar-refractivity contribution in [3.63, 3.8) is 0 Å². The first-order valence-corrected chi connectivity index (χ1v) is 10.2. The van der Waals surface area contributed by atoms with Gasteiger partial charge in [0, 0.05) is 58.1 Å². The molecule has 7 nitrogen and oxygen atoms in total. The van der Waals surface area contributed by atoms with E-state index in [2.05, 4.69) is 25.1 Å². The van der Waals surface area contributed by atoms with Gasteiger partial charge in [-0.25, -0.2) is 4.98 Å². The highest BCUT2D eigenvalue weighted by molar-refractivity contribution is 14.0. The molecule has 0 radical (unpaired) electrons. The van der Waals surface area contributed by atoms with Crippen LogP contribution in [0.25, 0.3) is 0 Å². The zero-order chi connectivity index (χ0) is 18.5. The van der Waals surface area contributed by atoms with Gasteiger partial charge in [0.25, 0.3) is 0 Å². The Kier molecular flexibility index (Phi) is 8.16. The number of nitrogens with zero attached hydrogens (tertiary/aromatic N) is 4. The predicted octanol–water partition coefficient (Wildman–Crippen LogP) is 1.97. The summed E-state index contributed by atoms with van der Waals surface area (Å²) in [7, 11) is 1.86. The van der Waals surface area contributed by atoms with Crippen molar-refractivity contribution in [2.75, 3.05) is 53.0 Å². The zero-order valence-corrected chi connectivity index (χ0v) is 19.0. The molecular weight excluding hydrogens is 469 g/mol. The van der Waals surface area contributed by atoms with Gasteiger partial charge in [0.05, 0.1) is 19.8 Å². The predicted molar refractivity (Wildman–Crippen MR) is 120 cm³/mol. The van der Waals surface area contributed by atoms with Crippen molar-refractivity contribution in [3.8, 4) is 5.88 Å². The molecule has 1 unspecified atom stereocenters. The summed E-state index contributed by atoms with van der Waals surface area (Å²) < 4.78 is 11.3. The fourth-order valence-electron chi connectivity index (χ4n) is 3.82. The summed E-state index contributed by atoms with van der Waals surface area (Å²) in [4.78, 5) is 13.7. The van der Waals surface area contributed by atoms with Gasteiger partial charge in [-0.15, -0.1) is 24.0 Å². The Labute approximate surface area is 184 Å². The largest absolute Gasteiger partial charge is 0.477 e. The number of rotatable bonds is 6. The second kappa shape index (κ2) is 10.6. The summed E-state index contributed by atoms with van der Waals surface area (Å²) in [5.74, 6) is 2.44. The topological polar surface area (TPSA) is 62.2 Å². The standard InChI is InChI=1S/C20H31N5O2.HI/c1-21-20(25-7-5-18(14-25)24-8-10-26-11-9-24)23-13-17-4-6-22-19(12-17)27-15-16-2-3-16;/h4,6,12,16,18H,2-3,5,7-11,13-15H2,1H3,(H,21,23);1H. The number of aliphatic imine (C=N–C) groups is 1. The van der Waals surface area contributed by atoms with Gasteiger partial charge in [-0.2, -0.15) is 0 Å². The first-order chi connectivity index (χ1) is 13.3. The number of likely N-dealkylation sites (tertiary alicyclic amines) is 1. The number of hydrogen-bond acceptors (Lipinski definition) is 5. The Morgan fingerprint density at radius 1 is 1.29 bits per heavy atom. The number of nitrogens with one attached hydrogen (secondary N) is 1. The summed E-state index contributed by atoms with van der Waals surface area (Å²) in [6, 6.07) is 4.67. The third kappa shape index (κ3) is 5.93. The van der Waals surface area contributed by atoms with E-state index in [0.717, 1.165) is 70.3 Å². The third-order valence-electron chi connectivity index (χ3n) is 5.65. The van der Waals surface area contributed by atoms with E-state index in [1.807, 2.05) is 25.4 Å². The molecule has 1 saturated carbocycles. The van der Waals surface area contributed by atoms with Crippen LogP contribution in [0.2, 0.25) is 0 Å². The van der Waals surface area contributed by atoms with Crippen molar-refractivity contribution < 1.29 is 9.47 Å². The molecule has 8 heteroatoms. The molecule has 2 saturated heterocycles. The Hall–Kier alpha value is -1.13. The lowest BCUT2D eigenvalue weighted by Crippen LogP contribution is -2.46. The van der Waals surface area contributed by atoms with Crippen molar-refractivity contribution in [1.82, 2.24) is 20.1 Å². The number of aromatic nitrogens is 1. The number of morpholine rings is 1. The molecule has 1 aromatic heterocycles. The number of halogens is 1. The van der Waals surface area contributed by atoms with Crippen molar-refractivity contribution in [3.05, 3.63) is 23.9 Å². The number of guanidine groups is 1. The number of ether oxygens (including phenoxy) is 2. The third-order valence-corrected chi connectivity index (χ3v) is 5.65. The Morgan fingerprint density at radius 2 is 2.11 bits per heavy atom. The van der Waals surface area contributed by atoms with Crippen LogP contribution in [-0.4, -0.2) is 79.8 Å². The van der Waals surface area contributed by atoms with Crippen molar-refractivity contribution in [2.24, 2.45) is 10.9 Å². The molecule has 1 aliphatic carbocycles. The molecule has 0 amide bonds. The molecule has 2 aliphatic heterocycles. The Balaban J connectivity index is 0.00000225. The van der Waals surface area contributed by atoms with E-state index in [-0.39, 0.29) is 24.0 Å². The smallest absolute Gasteiger partial charge is 0.213 e. The van der Waals surface area contributed by atoms with Gasteiger partial charge < -0.3 is 19.7 Å². The molecule has 28 heavy (non-hydrogen) atoms. The van der Waals surface area contributed by atoms with Gasteiger partial charge in [0.15, 0.2) is 5.96 Å². The molecule has 1 N–H and O–H groups in total. The fourth-order valence-corrected chi connectivity index (χ4v) is 3.82. The van der Waals surface area contributed by atoms with Crippen molar-refractivity contribution in [1.29, 1.82) is 0 Å². The second-order valence-electron chi connectivity index (χ2n) is 7.69. The van der Waals surface area contributed by atoms with E-state index in [1.54, 1.807) is 0 Å². The average Bonchev–Trinajstić information content (AvgIpc) is 3.43. The van der Waals surface area contributed by atoms with Crippen LogP contribution in [0.1, 0.15) is 24.8 Å². The van der Waals surface area contributed by atoms with E-state index in [0.29, 0.717) is 6.04 Å². The molecule has 4 rings (SSSR count). The molecule has 3 aliphatic rings.